The van der Waals surface area contributed by atoms with E-state index < -0.39 is 11.8 Å². The molecule has 0 aliphatic rings. The zero-order valence-corrected chi connectivity index (χ0v) is 9.55. The minimum Gasteiger partial charge on any atom is -0.497 e. The summed E-state index contributed by atoms with van der Waals surface area (Å²) in [6.07, 6.45) is 1.20. The number of benzene rings is 1. The number of halogens is 1. The lowest BCUT2D eigenvalue weighted by atomic mass is 10.1. The van der Waals surface area contributed by atoms with Gasteiger partial charge in [0.15, 0.2) is 0 Å². The molecule has 1 N–H and O–H groups in total. The maximum absolute atomic E-state index is 13.7. The van der Waals surface area contributed by atoms with Gasteiger partial charge in [0.1, 0.15) is 11.6 Å². The van der Waals surface area contributed by atoms with Gasteiger partial charge < -0.3 is 9.84 Å². The van der Waals surface area contributed by atoms with Gasteiger partial charge in [-0.3, -0.25) is 4.98 Å². The van der Waals surface area contributed by atoms with Crippen molar-refractivity contribution >= 4 is 5.97 Å². The SMILES string of the molecule is COc1ccc(-c2ccc(C(=O)O)cn2)c(F)c1. The molecule has 1 aromatic heterocycles. The Morgan fingerprint density at radius 2 is 2.11 bits per heavy atom. The van der Waals surface area contributed by atoms with E-state index in [4.69, 9.17) is 9.84 Å². The van der Waals surface area contributed by atoms with Crippen LogP contribution in [-0.4, -0.2) is 23.2 Å². The molecule has 0 aliphatic heterocycles. The van der Waals surface area contributed by atoms with Gasteiger partial charge in [-0.2, -0.15) is 0 Å². The number of aromatic carboxylic acids is 1. The zero-order valence-electron chi connectivity index (χ0n) is 9.55. The Balaban J connectivity index is 2.39. The molecule has 0 atom stereocenters. The van der Waals surface area contributed by atoms with E-state index >= 15 is 0 Å². The topological polar surface area (TPSA) is 59.4 Å². The third-order valence-corrected chi connectivity index (χ3v) is 2.46. The van der Waals surface area contributed by atoms with E-state index in [9.17, 15) is 9.18 Å². The maximum atomic E-state index is 13.7. The van der Waals surface area contributed by atoms with Crippen LogP contribution in [0.5, 0.6) is 5.75 Å². The van der Waals surface area contributed by atoms with E-state index in [1.807, 2.05) is 0 Å². The molecule has 2 aromatic rings. The largest absolute Gasteiger partial charge is 0.497 e. The van der Waals surface area contributed by atoms with Gasteiger partial charge in [-0.15, -0.1) is 0 Å². The van der Waals surface area contributed by atoms with Crippen molar-refractivity contribution in [3.8, 4) is 17.0 Å². The molecule has 0 spiro atoms. The number of aromatic nitrogens is 1. The number of carboxylic acid groups (broad SMARTS) is 1. The van der Waals surface area contributed by atoms with Crippen molar-refractivity contribution in [2.75, 3.05) is 7.11 Å². The van der Waals surface area contributed by atoms with E-state index in [1.165, 1.54) is 37.6 Å². The predicted octanol–water partition coefficient (Wildman–Crippen LogP) is 2.59. The van der Waals surface area contributed by atoms with Crippen LogP contribution in [0, 0.1) is 5.82 Å². The van der Waals surface area contributed by atoms with Crippen LogP contribution in [0.3, 0.4) is 0 Å². The standard InChI is InChI=1S/C13H10FNO3/c1-18-9-3-4-10(11(14)6-9)12-5-2-8(7-15-12)13(16)17/h2-7H,1H3,(H,16,17). The minimum absolute atomic E-state index is 0.0627. The first-order valence-corrected chi connectivity index (χ1v) is 5.15. The summed E-state index contributed by atoms with van der Waals surface area (Å²) in [6, 6.07) is 7.26. The number of hydrogen-bond acceptors (Lipinski definition) is 3. The normalized spacial score (nSPS) is 10.1. The first-order chi connectivity index (χ1) is 8.61. The van der Waals surface area contributed by atoms with Gasteiger partial charge in [0, 0.05) is 17.8 Å². The molecular formula is C13H10FNO3. The first kappa shape index (κ1) is 12.0. The molecule has 0 bridgehead atoms. The summed E-state index contributed by atoms with van der Waals surface area (Å²) in [5.41, 5.74) is 0.737. The van der Waals surface area contributed by atoms with Crippen molar-refractivity contribution in [3.63, 3.8) is 0 Å². The number of nitrogens with zero attached hydrogens (tertiary/aromatic N) is 1. The molecule has 0 saturated heterocycles. The zero-order chi connectivity index (χ0) is 13.1. The molecule has 2 rings (SSSR count). The minimum atomic E-state index is -1.07. The van der Waals surface area contributed by atoms with E-state index in [0.717, 1.165) is 0 Å². The fourth-order valence-corrected chi connectivity index (χ4v) is 1.51. The summed E-state index contributed by atoms with van der Waals surface area (Å²) in [6.45, 7) is 0. The Hall–Kier alpha value is -2.43. The lowest BCUT2D eigenvalue weighted by Gasteiger charge is -2.05. The van der Waals surface area contributed by atoms with E-state index in [0.29, 0.717) is 17.0 Å². The van der Waals surface area contributed by atoms with Crippen molar-refractivity contribution < 1.29 is 19.0 Å². The van der Waals surface area contributed by atoms with Gasteiger partial charge in [-0.1, -0.05) is 0 Å². The molecule has 0 amide bonds. The summed E-state index contributed by atoms with van der Waals surface area (Å²) < 4.78 is 18.6. The van der Waals surface area contributed by atoms with Crippen LogP contribution in [0.1, 0.15) is 10.4 Å². The molecule has 92 valence electrons. The molecule has 5 heteroatoms. The number of methoxy groups -OCH3 is 1. The highest BCUT2D eigenvalue weighted by Crippen LogP contribution is 2.24. The number of pyridine rings is 1. The smallest absolute Gasteiger partial charge is 0.337 e. The summed E-state index contributed by atoms with van der Waals surface area (Å²) in [5, 5.41) is 8.74. The Morgan fingerprint density at radius 1 is 1.33 bits per heavy atom. The van der Waals surface area contributed by atoms with Crippen LogP contribution < -0.4 is 4.74 Å². The summed E-state index contributed by atoms with van der Waals surface area (Å²) in [4.78, 5) is 14.6. The van der Waals surface area contributed by atoms with Crippen molar-refractivity contribution in [2.45, 2.75) is 0 Å². The van der Waals surface area contributed by atoms with Crippen molar-refractivity contribution in [1.29, 1.82) is 0 Å². The quantitative estimate of drug-likeness (QED) is 0.905. The second kappa shape index (κ2) is 4.83. The number of hydrogen-bond donors (Lipinski definition) is 1. The molecular weight excluding hydrogens is 237 g/mol. The Labute approximate surface area is 103 Å². The van der Waals surface area contributed by atoms with Crippen LogP contribution in [0.15, 0.2) is 36.5 Å². The number of carboxylic acids is 1. The van der Waals surface area contributed by atoms with Crippen LogP contribution in [0.4, 0.5) is 4.39 Å². The van der Waals surface area contributed by atoms with Crippen molar-refractivity contribution in [1.82, 2.24) is 4.98 Å². The van der Waals surface area contributed by atoms with Crippen LogP contribution in [-0.2, 0) is 0 Å². The maximum Gasteiger partial charge on any atom is 0.337 e. The Morgan fingerprint density at radius 3 is 2.61 bits per heavy atom. The highest BCUT2D eigenvalue weighted by atomic mass is 19.1. The number of ether oxygens (including phenoxy) is 1. The summed E-state index contributed by atoms with van der Waals surface area (Å²) in [7, 11) is 1.45. The van der Waals surface area contributed by atoms with Gasteiger partial charge in [-0.25, -0.2) is 9.18 Å². The molecule has 0 saturated carbocycles. The van der Waals surface area contributed by atoms with Crippen LogP contribution in [0.2, 0.25) is 0 Å². The molecule has 0 fully saturated rings. The van der Waals surface area contributed by atoms with Crippen LogP contribution in [0.25, 0.3) is 11.3 Å². The van der Waals surface area contributed by atoms with Crippen molar-refractivity contribution in [3.05, 3.63) is 47.9 Å². The average molecular weight is 247 g/mol. The van der Waals surface area contributed by atoms with E-state index in [-0.39, 0.29) is 5.56 Å². The molecule has 18 heavy (non-hydrogen) atoms. The lowest BCUT2D eigenvalue weighted by Crippen LogP contribution is -1.97. The number of rotatable bonds is 3. The molecule has 1 aromatic carbocycles. The highest BCUT2D eigenvalue weighted by molar-refractivity contribution is 5.87. The molecule has 0 radical (unpaired) electrons. The fraction of sp³-hybridized carbons (Fsp3) is 0.0769. The second-order valence-electron chi connectivity index (χ2n) is 3.58. The summed E-state index contributed by atoms with van der Waals surface area (Å²) >= 11 is 0. The number of carbonyl (C=O) groups is 1. The van der Waals surface area contributed by atoms with Gasteiger partial charge in [0.05, 0.1) is 18.4 Å². The first-order valence-electron chi connectivity index (χ1n) is 5.15. The Bertz CT molecular complexity index is 581. The Kier molecular flexibility index (Phi) is 3.23. The third-order valence-electron chi connectivity index (χ3n) is 2.46. The van der Waals surface area contributed by atoms with Gasteiger partial charge in [0.25, 0.3) is 0 Å². The average Bonchev–Trinajstić information content (AvgIpc) is 2.38. The molecule has 0 aliphatic carbocycles. The lowest BCUT2D eigenvalue weighted by molar-refractivity contribution is 0.0696. The summed E-state index contributed by atoms with van der Waals surface area (Å²) in [5.74, 6) is -1.12. The molecule has 4 nitrogen and oxygen atoms in total. The van der Waals surface area contributed by atoms with Gasteiger partial charge in [0.2, 0.25) is 0 Å². The predicted molar refractivity (Wildman–Crippen MR) is 63.1 cm³/mol. The molecule has 0 unspecified atom stereocenters. The third kappa shape index (κ3) is 2.29. The van der Waals surface area contributed by atoms with Crippen molar-refractivity contribution in [2.24, 2.45) is 0 Å². The fourth-order valence-electron chi connectivity index (χ4n) is 1.51. The van der Waals surface area contributed by atoms with Crippen LogP contribution >= 0.6 is 0 Å². The highest BCUT2D eigenvalue weighted by Gasteiger charge is 2.09. The van der Waals surface area contributed by atoms with Gasteiger partial charge in [-0.05, 0) is 24.3 Å². The van der Waals surface area contributed by atoms with Gasteiger partial charge >= 0.3 is 5.97 Å². The monoisotopic (exact) mass is 247 g/mol. The second-order valence-corrected chi connectivity index (χ2v) is 3.58. The van der Waals surface area contributed by atoms with E-state index in [2.05, 4.69) is 4.98 Å². The van der Waals surface area contributed by atoms with E-state index in [1.54, 1.807) is 6.07 Å². The molecule has 1 heterocycles.